The van der Waals surface area contributed by atoms with Crippen LogP contribution in [0.1, 0.15) is 30.1 Å². The highest BCUT2D eigenvalue weighted by molar-refractivity contribution is 5.94. The molecule has 1 aromatic rings. The van der Waals surface area contributed by atoms with Gasteiger partial charge in [0, 0.05) is 18.8 Å². The summed E-state index contributed by atoms with van der Waals surface area (Å²) < 4.78 is 13.7. The van der Waals surface area contributed by atoms with Gasteiger partial charge in [-0.15, -0.1) is 0 Å². The maximum atomic E-state index is 13.7. The standard InChI is InChI=1S/C14H19FN2O2/c1-9(18)10-4-6-17(7-5-10)14(19)12-3-2-11(16)8-13(12)15/h2-3,8-10,18H,4-7,16H2,1H3. The summed E-state index contributed by atoms with van der Waals surface area (Å²) in [4.78, 5) is 13.8. The van der Waals surface area contributed by atoms with E-state index in [-0.39, 0.29) is 23.5 Å². The van der Waals surface area contributed by atoms with Crippen LogP contribution in [0.5, 0.6) is 0 Å². The van der Waals surface area contributed by atoms with Gasteiger partial charge in [0.25, 0.3) is 5.91 Å². The van der Waals surface area contributed by atoms with Crippen molar-refractivity contribution in [3.63, 3.8) is 0 Å². The molecule has 1 fully saturated rings. The van der Waals surface area contributed by atoms with Gasteiger partial charge in [0.2, 0.25) is 0 Å². The molecule has 5 heteroatoms. The van der Waals surface area contributed by atoms with Crippen LogP contribution in [0.4, 0.5) is 10.1 Å². The zero-order valence-electron chi connectivity index (χ0n) is 11.0. The number of nitrogens with zero attached hydrogens (tertiary/aromatic N) is 1. The van der Waals surface area contributed by atoms with Crippen LogP contribution in [0.25, 0.3) is 0 Å². The molecule has 3 N–H and O–H groups in total. The third kappa shape index (κ3) is 3.04. The zero-order valence-corrected chi connectivity index (χ0v) is 11.0. The number of rotatable bonds is 2. The Morgan fingerprint density at radius 2 is 2.11 bits per heavy atom. The molecule has 104 valence electrons. The zero-order chi connectivity index (χ0) is 14.0. The number of hydrogen-bond donors (Lipinski definition) is 2. The summed E-state index contributed by atoms with van der Waals surface area (Å²) in [6, 6.07) is 4.11. The molecule has 1 saturated heterocycles. The summed E-state index contributed by atoms with van der Waals surface area (Å²) >= 11 is 0. The summed E-state index contributed by atoms with van der Waals surface area (Å²) in [5.41, 5.74) is 5.83. The molecule has 1 unspecified atom stereocenters. The van der Waals surface area contributed by atoms with Crippen molar-refractivity contribution in [1.29, 1.82) is 0 Å². The number of aliphatic hydroxyl groups excluding tert-OH is 1. The summed E-state index contributed by atoms with van der Waals surface area (Å²) in [5.74, 6) is -0.662. The van der Waals surface area contributed by atoms with Crippen molar-refractivity contribution in [3.05, 3.63) is 29.6 Å². The lowest BCUT2D eigenvalue weighted by atomic mass is 9.92. The van der Waals surface area contributed by atoms with E-state index in [1.54, 1.807) is 11.8 Å². The van der Waals surface area contributed by atoms with E-state index < -0.39 is 5.82 Å². The number of carbonyl (C=O) groups excluding carboxylic acids is 1. The number of anilines is 1. The van der Waals surface area contributed by atoms with E-state index in [0.717, 1.165) is 18.9 Å². The Morgan fingerprint density at radius 3 is 2.63 bits per heavy atom. The smallest absolute Gasteiger partial charge is 0.256 e. The maximum absolute atomic E-state index is 13.7. The third-order valence-electron chi connectivity index (χ3n) is 3.73. The normalized spacial score (nSPS) is 18.4. The van der Waals surface area contributed by atoms with Crippen molar-refractivity contribution in [1.82, 2.24) is 4.90 Å². The third-order valence-corrected chi connectivity index (χ3v) is 3.73. The molecule has 0 bridgehead atoms. The Bertz CT molecular complexity index is 469. The Hall–Kier alpha value is -1.62. The topological polar surface area (TPSA) is 66.6 Å². The molecule has 1 aliphatic heterocycles. The lowest BCUT2D eigenvalue weighted by Crippen LogP contribution is -2.41. The van der Waals surface area contributed by atoms with Crippen molar-refractivity contribution in [2.75, 3.05) is 18.8 Å². The van der Waals surface area contributed by atoms with Crippen LogP contribution in [0.15, 0.2) is 18.2 Å². The summed E-state index contributed by atoms with van der Waals surface area (Å²) in [5, 5.41) is 9.52. The molecular formula is C14H19FN2O2. The molecule has 1 amide bonds. The molecule has 1 atom stereocenters. The van der Waals surface area contributed by atoms with Gasteiger partial charge in [0.05, 0.1) is 11.7 Å². The van der Waals surface area contributed by atoms with Gasteiger partial charge in [-0.2, -0.15) is 0 Å². The second-order valence-electron chi connectivity index (χ2n) is 5.11. The van der Waals surface area contributed by atoms with E-state index in [1.165, 1.54) is 12.1 Å². The van der Waals surface area contributed by atoms with Gasteiger partial charge in [-0.1, -0.05) is 0 Å². The molecule has 1 aliphatic rings. The van der Waals surface area contributed by atoms with E-state index in [9.17, 15) is 14.3 Å². The van der Waals surface area contributed by atoms with Gasteiger partial charge < -0.3 is 15.7 Å². The van der Waals surface area contributed by atoms with Gasteiger partial charge in [-0.05, 0) is 43.9 Å². The van der Waals surface area contributed by atoms with E-state index in [0.29, 0.717) is 18.8 Å². The first-order valence-electron chi connectivity index (χ1n) is 6.51. The molecule has 0 radical (unpaired) electrons. The minimum Gasteiger partial charge on any atom is -0.399 e. The largest absolute Gasteiger partial charge is 0.399 e. The number of aliphatic hydroxyl groups is 1. The molecule has 1 heterocycles. The first kappa shape index (κ1) is 13.8. The molecule has 0 spiro atoms. The molecule has 0 aliphatic carbocycles. The number of piperidine rings is 1. The average Bonchev–Trinajstić information content (AvgIpc) is 2.38. The van der Waals surface area contributed by atoms with Crippen LogP contribution in [-0.2, 0) is 0 Å². The van der Waals surface area contributed by atoms with Gasteiger partial charge in [-0.25, -0.2) is 4.39 Å². The molecule has 4 nitrogen and oxygen atoms in total. The monoisotopic (exact) mass is 266 g/mol. The summed E-state index contributed by atoms with van der Waals surface area (Å²) in [6.45, 7) is 2.87. The van der Waals surface area contributed by atoms with Gasteiger partial charge in [0.15, 0.2) is 0 Å². The molecule has 0 aromatic heterocycles. The Morgan fingerprint density at radius 1 is 1.47 bits per heavy atom. The number of amides is 1. The van der Waals surface area contributed by atoms with Crippen LogP contribution in [-0.4, -0.2) is 35.1 Å². The molecule has 0 saturated carbocycles. The van der Waals surface area contributed by atoms with Gasteiger partial charge in [0.1, 0.15) is 5.82 Å². The van der Waals surface area contributed by atoms with Gasteiger partial charge >= 0.3 is 0 Å². The van der Waals surface area contributed by atoms with Crippen LogP contribution in [0.3, 0.4) is 0 Å². The van der Waals surface area contributed by atoms with Gasteiger partial charge in [-0.3, -0.25) is 4.79 Å². The second-order valence-corrected chi connectivity index (χ2v) is 5.11. The summed E-state index contributed by atoms with van der Waals surface area (Å²) in [6.07, 6.45) is 1.14. The minimum absolute atomic E-state index is 0.0599. The van der Waals surface area contributed by atoms with Crippen LogP contribution >= 0.6 is 0 Å². The SMILES string of the molecule is CC(O)C1CCN(C(=O)c2ccc(N)cc2F)CC1. The minimum atomic E-state index is -0.581. The quantitative estimate of drug-likeness (QED) is 0.800. The maximum Gasteiger partial charge on any atom is 0.256 e. The van der Waals surface area contributed by atoms with Crippen molar-refractivity contribution in [3.8, 4) is 0 Å². The number of hydrogen-bond acceptors (Lipinski definition) is 3. The average molecular weight is 266 g/mol. The van der Waals surface area contributed by atoms with Crippen molar-refractivity contribution >= 4 is 11.6 Å². The predicted molar refractivity (Wildman–Crippen MR) is 71.1 cm³/mol. The Labute approximate surface area is 112 Å². The second kappa shape index (κ2) is 5.57. The molecule has 1 aromatic carbocycles. The fourth-order valence-electron chi connectivity index (χ4n) is 2.46. The molecule has 2 rings (SSSR count). The number of halogens is 1. The first-order valence-corrected chi connectivity index (χ1v) is 6.51. The lowest BCUT2D eigenvalue weighted by molar-refractivity contribution is 0.0518. The predicted octanol–water partition coefficient (Wildman–Crippen LogP) is 1.64. The first-order chi connectivity index (χ1) is 8.99. The van der Waals surface area contributed by atoms with Crippen LogP contribution in [0, 0.1) is 11.7 Å². The number of carbonyl (C=O) groups is 1. The molecular weight excluding hydrogens is 247 g/mol. The number of benzene rings is 1. The fraction of sp³-hybridized carbons (Fsp3) is 0.500. The Kier molecular flexibility index (Phi) is 4.04. The van der Waals surface area contributed by atoms with E-state index in [1.807, 2.05) is 0 Å². The Balaban J connectivity index is 2.05. The summed E-state index contributed by atoms with van der Waals surface area (Å²) in [7, 11) is 0. The highest BCUT2D eigenvalue weighted by atomic mass is 19.1. The number of likely N-dealkylation sites (tertiary alicyclic amines) is 1. The van der Waals surface area contributed by atoms with Crippen LogP contribution in [0.2, 0.25) is 0 Å². The fourth-order valence-corrected chi connectivity index (χ4v) is 2.46. The lowest BCUT2D eigenvalue weighted by Gasteiger charge is -2.33. The van der Waals surface area contributed by atoms with Crippen molar-refractivity contribution < 1.29 is 14.3 Å². The number of nitrogen functional groups attached to an aromatic ring is 1. The van der Waals surface area contributed by atoms with Crippen LogP contribution < -0.4 is 5.73 Å². The highest BCUT2D eigenvalue weighted by Gasteiger charge is 2.27. The highest BCUT2D eigenvalue weighted by Crippen LogP contribution is 2.23. The number of nitrogens with two attached hydrogens (primary N) is 1. The van der Waals surface area contributed by atoms with E-state index in [4.69, 9.17) is 5.73 Å². The van der Waals surface area contributed by atoms with E-state index in [2.05, 4.69) is 0 Å². The van der Waals surface area contributed by atoms with E-state index >= 15 is 0 Å². The molecule has 19 heavy (non-hydrogen) atoms. The van der Waals surface area contributed by atoms with Crippen molar-refractivity contribution in [2.24, 2.45) is 5.92 Å². The van der Waals surface area contributed by atoms with Crippen molar-refractivity contribution in [2.45, 2.75) is 25.9 Å².